The number of unbranched alkanes of at least 4 members (excludes halogenated alkanes) is 23. The Morgan fingerprint density at radius 1 is 0.356 bits per heavy atom. The van der Waals surface area contributed by atoms with Gasteiger partial charge in [-0.1, -0.05) is 150 Å². The molecule has 0 N–H and O–H groups in total. The van der Waals surface area contributed by atoms with Crippen molar-refractivity contribution in [1.82, 2.24) is 9.13 Å². The molecular weight excluding hydrogens is 548 g/mol. The van der Waals surface area contributed by atoms with Gasteiger partial charge < -0.3 is 0 Å². The summed E-state index contributed by atoms with van der Waals surface area (Å²) in [7, 11) is 0. The summed E-state index contributed by atoms with van der Waals surface area (Å²) in [6.07, 6.45) is 46.6. The van der Waals surface area contributed by atoms with Gasteiger partial charge in [-0.25, -0.2) is 18.3 Å². The van der Waals surface area contributed by atoms with Crippen LogP contribution in [-0.2, 0) is 26.2 Å². The lowest BCUT2D eigenvalue weighted by Gasteiger charge is -2.08. The summed E-state index contributed by atoms with van der Waals surface area (Å²) in [6.45, 7) is 13.8. The zero-order chi connectivity index (χ0) is 32.2. The first-order valence-electron chi connectivity index (χ1n) is 20.4. The fourth-order valence-electron chi connectivity index (χ4n) is 6.95. The lowest BCUT2D eigenvalue weighted by atomic mass is 10.1. The number of aromatic nitrogens is 4. The second kappa shape index (κ2) is 27.5. The third kappa shape index (κ3) is 17.2. The molecule has 0 atom stereocenters. The maximum Gasteiger partial charge on any atom is 0.373 e. The lowest BCUT2D eigenvalue weighted by molar-refractivity contribution is -0.715. The molecule has 4 nitrogen and oxygen atoms in total. The molecule has 2 heterocycles. The van der Waals surface area contributed by atoms with Gasteiger partial charge in [0.05, 0.1) is 26.2 Å². The lowest BCUT2D eigenvalue weighted by Crippen LogP contribution is -2.43. The van der Waals surface area contributed by atoms with Crippen LogP contribution in [0.1, 0.15) is 201 Å². The maximum atomic E-state index is 2.63. The minimum atomic E-state index is 1.14. The molecule has 260 valence electrons. The molecule has 0 bridgehead atoms. The Morgan fingerprint density at radius 2 is 0.622 bits per heavy atom. The van der Waals surface area contributed by atoms with E-state index in [0.29, 0.717) is 0 Å². The Bertz CT molecular complexity index is 926. The summed E-state index contributed by atoms with van der Waals surface area (Å²) >= 11 is 0. The van der Waals surface area contributed by atoms with E-state index in [1.54, 1.807) is 0 Å². The second-order valence-corrected chi connectivity index (χ2v) is 14.1. The molecule has 4 heteroatoms. The smallest absolute Gasteiger partial charge is 0.223 e. The topological polar surface area (TPSA) is 17.6 Å². The van der Waals surface area contributed by atoms with Crippen LogP contribution in [-0.4, -0.2) is 9.13 Å². The van der Waals surface area contributed by atoms with Gasteiger partial charge in [-0.2, -0.15) is 0 Å². The molecule has 0 fully saturated rings. The van der Waals surface area contributed by atoms with Gasteiger partial charge in [-0.15, -0.1) is 0 Å². The van der Waals surface area contributed by atoms with Crippen molar-refractivity contribution in [3.8, 4) is 11.6 Å². The van der Waals surface area contributed by atoms with Crippen LogP contribution in [0.25, 0.3) is 11.6 Å². The van der Waals surface area contributed by atoms with Crippen molar-refractivity contribution in [3.05, 3.63) is 24.8 Å². The summed E-state index contributed by atoms with van der Waals surface area (Å²) in [5.41, 5.74) is 0. The van der Waals surface area contributed by atoms with Gasteiger partial charge in [0.2, 0.25) is 0 Å². The predicted molar refractivity (Wildman–Crippen MR) is 196 cm³/mol. The average molecular weight is 627 g/mol. The van der Waals surface area contributed by atoms with Crippen molar-refractivity contribution in [3.63, 3.8) is 0 Å². The van der Waals surface area contributed by atoms with E-state index in [0.717, 1.165) is 26.2 Å². The fraction of sp³-hybridized carbons (Fsp3) is 0.854. The van der Waals surface area contributed by atoms with E-state index in [1.165, 1.54) is 185 Å². The van der Waals surface area contributed by atoms with E-state index in [9.17, 15) is 0 Å². The van der Waals surface area contributed by atoms with Crippen molar-refractivity contribution < 1.29 is 9.13 Å². The Kier molecular flexibility index (Phi) is 24.2. The zero-order valence-corrected chi connectivity index (χ0v) is 31.0. The third-order valence-corrected chi connectivity index (χ3v) is 9.90. The third-order valence-electron chi connectivity index (χ3n) is 9.90. The standard InChI is InChI=1S/C41H78N4/c1-5-9-13-17-19-21-23-27-31-35-45-39-37-43(33-29-25-16-12-8-4)41(45)40-42(32-28-24-15-11-7-3)36-38-44(40)34-30-26-22-20-18-14-10-6-2/h36-39H,5-35H2,1-4H3/q+2. The minimum absolute atomic E-state index is 1.14. The molecule has 0 aliphatic rings. The van der Waals surface area contributed by atoms with Gasteiger partial charge in [-0.3, -0.25) is 0 Å². The van der Waals surface area contributed by atoms with Gasteiger partial charge in [0, 0.05) is 0 Å². The summed E-state index contributed by atoms with van der Waals surface area (Å²) in [6, 6.07) is 0. The van der Waals surface area contributed by atoms with Gasteiger partial charge >= 0.3 is 11.6 Å². The fourth-order valence-corrected chi connectivity index (χ4v) is 6.95. The van der Waals surface area contributed by atoms with Crippen LogP contribution >= 0.6 is 0 Å². The summed E-state index contributed by atoms with van der Waals surface area (Å²) in [5, 5.41) is 0. The first-order valence-corrected chi connectivity index (χ1v) is 20.4. The Morgan fingerprint density at radius 3 is 0.933 bits per heavy atom. The van der Waals surface area contributed by atoms with E-state index in [-0.39, 0.29) is 0 Å². The van der Waals surface area contributed by atoms with E-state index < -0.39 is 0 Å². The van der Waals surface area contributed by atoms with Crippen molar-refractivity contribution in [2.24, 2.45) is 0 Å². The molecule has 0 saturated heterocycles. The van der Waals surface area contributed by atoms with Crippen LogP contribution in [0.4, 0.5) is 0 Å². The molecule has 0 aromatic carbocycles. The summed E-state index contributed by atoms with van der Waals surface area (Å²) < 4.78 is 10.5. The molecule has 2 aromatic rings. The monoisotopic (exact) mass is 627 g/mol. The summed E-state index contributed by atoms with van der Waals surface area (Å²) in [5.74, 6) is 2.92. The van der Waals surface area contributed by atoms with E-state index in [4.69, 9.17) is 0 Å². The Hall–Kier alpha value is -1.58. The molecule has 0 aliphatic carbocycles. The minimum Gasteiger partial charge on any atom is -0.223 e. The van der Waals surface area contributed by atoms with E-state index in [2.05, 4.69) is 70.8 Å². The van der Waals surface area contributed by atoms with Crippen molar-refractivity contribution >= 4 is 0 Å². The number of nitrogens with zero attached hydrogens (tertiary/aromatic N) is 4. The number of imidazole rings is 2. The average Bonchev–Trinajstić information content (AvgIpc) is 3.63. The first kappa shape index (κ1) is 39.6. The van der Waals surface area contributed by atoms with Crippen LogP contribution < -0.4 is 9.13 Å². The molecule has 45 heavy (non-hydrogen) atoms. The van der Waals surface area contributed by atoms with E-state index in [1.807, 2.05) is 0 Å². The van der Waals surface area contributed by atoms with Crippen LogP contribution in [0, 0.1) is 0 Å². The normalized spacial score (nSPS) is 11.6. The molecule has 0 saturated carbocycles. The highest BCUT2D eigenvalue weighted by Gasteiger charge is 2.32. The first-order chi connectivity index (χ1) is 22.3. The zero-order valence-electron chi connectivity index (χ0n) is 31.0. The highest BCUT2D eigenvalue weighted by atomic mass is 15.2. The van der Waals surface area contributed by atoms with Crippen LogP contribution in [0.5, 0.6) is 0 Å². The second-order valence-electron chi connectivity index (χ2n) is 14.1. The van der Waals surface area contributed by atoms with Crippen LogP contribution in [0.3, 0.4) is 0 Å². The Balaban J connectivity index is 2.14. The number of aryl methyl sites for hydroxylation is 4. The SMILES string of the molecule is CCCCCCCCCCCn1cc[n+](CCCCCCC)c1-c1n(CCCCCCCCCC)cc[n+]1CCCCCCC. The highest BCUT2D eigenvalue weighted by molar-refractivity contribution is 5.36. The quantitative estimate of drug-likeness (QED) is 0.0568. The predicted octanol–water partition coefficient (Wildman–Crippen LogP) is 12.1. The number of rotatable bonds is 32. The van der Waals surface area contributed by atoms with Crippen molar-refractivity contribution in [1.29, 1.82) is 0 Å². The number of hydrogen-bond donors (Lipinski definition) is 0. The molecule has 0 aliphatic heterocycles. The molecule has 0 amide bonds. The summed E-state index contributed by atoms with van der Waals surface area (Å²) in [4.78, 5) is 0. The van der Waals surface area contributed by atoms with Crippen molar-refractivity contribution in [2.45, 2.75) is 227 Å². The van der Waals surface area contributed by atoms with Crippen LogP contribution in [0.2, 0.25) is 0 Å². The van der Waals surface area contributed by atoms with Crippen LogP contribution in [0.15, 0.2) is 24.8 Å². The molecular formula is C41H78N4+2. The van der Waals surface area contributed by atoms with Crippen molar-refractivity contribution in [2.75, 3.05) is 0 Å². The Labute approximate surface area is 281 Å². The molecule has 2 aromatic heterocycles. The molecule has 2 rings (SSSR count). The van der Waals surface area contributed by atoms with Gasteiger partial charge in [0.15, 0.2) is 0 Å². The van der Waals surface area contributed by atoms with Gasteiger partial charge in [0.25, 0.3) is 0 Å². The number of hydrogen-bond acceptors (Lipinski definition) is 0. The maximum absolute atomic E-state index is 2.63. The molecule has 0 radical (unpaired) electrons. The van der Waals surface area contributed by atoms with Gasteiger partial charge in [-0.05, 0) is 51.4 Å². The van der Waals surface area contributed by atoms with Gasteiger partial charge in [0.1, 0.15) is 24.8 Å². The molecule has 0 unspecified atom stereocenters. The highest BCUT2D eigenvalue weighted by Crippen LogP contribution is 2.19. The van der Waals surface area contributed by atoms with E-state index >= 15 is 0 Å². The molecule has 0 spiro atoms. The largest absolute Gasteiger partial charge is 0.373 e.